The van der Waals surface area contributed by atoms with Crippen molar-refractivity contribution in [2.45, 2.75) is 6.92 Å². The largest absolute Gasteiger partial charge is 0.508 e. The van der Waals surface area contributed by atoms with Gasteiger partial charge in [0.1, 0.15) is 11.4 Å². The lowest BCUT2D eigenvalue weighted by Gasteiger charge is -2.10. The summed E-state index contributed by atoms with van der Waals surface area (Å²) < 4.78 is 0. The summed E-state index contributed by atoms with van der Waals surface area (Å²) in [5.41, 5.74) is 1.36. The number of carbonyl (C=O) groups excluding carboxylic acids is 2. The fourth-order valence-electron chi connectivity index (χ4n) is 1.85. The van der Waals surface area contributed by atoms with Gasteiger partial charge in [0.25, 0.3) is 5.91 Å². The van der Waals surface area contributed by atoms with E-state index in [1.54, 1.807) is 18.2 Å². The minimum absolute atomic E-state index is 0.0471. The first-order valence-electron chi connectivity index (χ1n) is 6.69. The normalized spacial score (nSPS) is 10.9. The Hall–Kier alpha value is -3.08. The molecular weight excluding hydrogens is 280 g/mol. The number of phenols is 1. The highest BCUT2D eigenvalue weighted by Gasteiger charge is 2.11. The monoisotopic (exact) mass is 296 g/mol. The molecule has 0 aromatic heterocycles. The molecule has 0 spiro atoms. The Morgan fingerprint density at radius 2 is 1.77 bits per heavy atom. The van der Waals surface area contributed by atoms with Gasteiger partial charge >= 0.3 is 0 Å². The van der Waals surface area contributed by atoms with Crippen molar-refractivity contribution in [2.24, 2.45) is 0 Å². The molecule has 0 unspecified atom stereocenters. The quantitative estimate of drug-likeness (QED) is 0.759. The van der Waals surface area contributed by atoms with Crippen LogP contribution in [0.5, 0.6) is 5.75 Å². The number of carbonyl (C=O) groups is 2. The Morgan fingerprint density at radius 1 is 1.05 bits per heavy atom. The summed E-state index contributed by atoms with van der Waals surface area (Å²) in [5.74, 6) is -0.760. The van der Waals surface area contributed by atoms with E-state index in [2.05, 4.69) is 10.6 Å². The molecule has 0 saturated heterocycles. The maximum atomic E-state index is 12.3. The Balaban J connectivity index is 2.23. The molecule has 3 N–H and O–H groups in total. The second-order valence-electron chi connectivity index (χ2n) is 4.65. The van der Waals surface area contributed by atoms with E-state index in [1.807, 2.05) is 30.3 Å². The summed E-state index contributed by atoms with van der Waals surface area (Å²) in [6.45, 7) is 1.33. The number of benzene rings is 2. The SMILES string of the molecule is CC(=O)N/C(=C/c1ccccc1)C(=O)Nc1cccc(O)c1. The fourth-order valence-corrected chi connectivity index (χ4v) is 1.85. The van der Waals surface area contributed by atoms with E-state index in [4.69, 9.17) is 0 Å². The molecule has 0 aliphatic rings. The number of rotatable bonds is 4. The van der Waals surface area contributed by atoms with Gasteiger partial charge in [-0.15, -0.1) is 0 Å². The highest BCUT2D eigenvalue weighted by molar-refractivity contribution is 6.08. The topological polar surface area (TPSA) is 78.4 Å². The average Bonchev–Trinajstić information content (AvgIpc) is 2.47. The number of nitrogens with one attached hydrogen (secondary N) is 2. The second kappa shape index (κ2) is 7.08. The predicted molar refractivity (Wildman–Crippen MR) is 85.0 cm³/mol. The Bertz CT molecular complexity index is 709. The van der Waals surface area contributed by atoms with Gasteiger partial charge in [-0.05, 0) is 23.8 Å². The molecule has 0 atom stereocenters. The lowest BCUT2D eigenvalue weighted by atomic mass is 10.2. The molecule has 112 valence electrons. The molecule has 5 nitrogen and oxygen atoms in total. The Morgan fingerprint density at radius 3 is 2.41 bits per heavy atom. The van der Waals surface area contributed by atoms with Crippen molar-refractivity contribution in [1.82, 2.24) is 5.32 Å². The molecule has 2 aromatic carbocycles. The minimum Gasteiger partial charge on any atom is -0.508 e. The molecule has 2 aromatic rings. The van der Waals surface area contributed by atoms with Gasteiger partial charge in [-0.3, -0.25) is 9.59 Å². The van der Waals surface area contributed by atoms with Gasteiger partial charge in [-0.2, -0.15) is 0 Å². The van der Waals surface area contributed by atoms with Gasteiger partial charge in [-0.1, -0.05) is 36.4 Å². The molecule has 5 heteroatoms. The van der Waals surface area contributed by atoms with Crippen LogP contribution in [0.25, 0.3) is 6.08 Å². The standard InChI is InChI=1S/C17H16N2O3/c1-12(20)18-16(10-13-6-3-2-4-7-13)17(22)19-14-8-5-9-15(21)11-14/h2-11,21H,1H3,(H,18,20)(H,19,22)/b16-10+. The molecule has 0 bridgehead atoms. The molecule has 0 aliphatic heterocycles. The van der Waals surface area contributed by atoms with E-state index in [-0.39, 0.29) is 17.4 Å². The van der Waals surface area contributed by atoms with Gasteiger partial charge in [0.2, 0.25) is 5.91 Å². The average molecular weight is 296 g/mol. The van der Waals surface area contributed by atoms with Crippen molar-refractivity contribution in [1.29, 1.82) is 0 Å². The Kier molecular flexibility index (Phi) is 4.93. The first-order chi connectivity index (χ1) is 10.5. The van der Waals surface area contributed by atoms with Crippen LogP contribution in [0.1, 0.15) is 12.5 Å². The van der Waals surface area contributed by atoms with Crippen LogP contribution in [-0.4, -0.2) is 16.9 Å². The summed E-state index contributed by atoms with van der Waals surface area (Å²) in [7, 11) is 0. The van der Waals surface area contributed by atoms with Crippen LogP contribution >= 0.6 is 0 Å². The number of amides is 2. The first kappa shape index (κ1) is 15.3. The third-order valence-electron chi connectivity index (χ3n) is 2.77. The molecular formula is C17H16N2O3. The molecule has 0 fully saturated rings. The second-order valence-corrected chi connectivity index (χ2v) is 4.65. The summed E-state index contributed by atoms with van der Waals surface area (Å²) >= 11 is 0. The van der Waals surface area contributed by atoms with Crippen LogP contribution in [-0.2, 0) is 9.59 Å². The van der Waals surface area contributed by atoms with E-state index in [0.29, 0.717) is 5.69 Å². The fraction of sp³-hybridized carbons (Fsp3) is 0.0588. The van der Waals surface area contributed by atoms with E-state index < -0.39 is 5.91 Å². The smallest absolute Gasteiger partial charge is 0.272 e. The van der Waals surface area contributed by atoms with Crippen molar-refractivity contribution < 1.29 is 14.7 Å². The molecule has 0 aliphatic carbocycles. The van der Waals surface area contributed by atoms with Crippen molar-refractivity contribution >= 4 is 23.6 Å². The third kappa shape index (κ3) is 4.49. The maximum absolute atomic E-state index is 12.3. The molecule has 22 heavy (non-hydrogen) atoms. The van der Waals surface area contributed by atoms with Crippen LogP contribution in [0.2, 0.25) is 0 Å². The molecule has 2 amide bonds. The summed E-state index contributed by atoms with van der Waals surface area (Å²) in [5, 5.41) is 14.5. The van der Waals surface area contributed by atoms with Crippen LogP contribution in [0.15, 0.2) is 60.3 Å². The maximum Gasteiger partial charge on any atom is 0.272 e. The van der Waals surface area contributed by atoms with Gasteiger partial charge in [0.05, 0.1) is 0 Å². The predicted octanol–water partition coefficient (Wildman–Crippen LogP) is 2.51. The van der Waals surface area contributed by atoms with E-state index in [1.165, 1.54) is 19.1 Å². The lowest BCUT2D eigenvalue weighted by molar-refractivity contribution is -0.120. The van der Waals surface area contributed by atoms with Crippen LogP contribution in [0.4, 0.5) is 5.69 Å². The Labute approximate surface area is 128 Å². The zero-order valence-corrected chi connectivity index (χ0v) is 12.0. The van der Waals surface area contributed by atoms with Gasteiger partial charge in [0, 0.05) is 18.7 Å². The number of hydrogen-bond donors (Lipinski definition) is 3. The van der Waals surface area contributed by atoms with E-state index in [9.17, 15) is 14.7 Å². The highest BCUT2D eigenvalue weighted by atomic mass is 16.3. The first-order valence-corrected chi connectivity index (χ1v) is 6.69. The minimum atomic E-state index is -0.468. The van der Waals surface area contributed by atoms with Crippen molar-refractivity contribution in [2.75, 3.05) is 5.32 Å². The molecule has 2 rings (SSSR count). The van der Waals surface area contributed by atoms with Crippen LogP contribution < -0.4 is 10.6 Å². The third-order valence-corrected chi connectivity index (χ3v) is 2.77. The zero-order chi connectivity index (χ0) is 15.9. The molecule has 0 heterocycles. The number of anilines is 1. The number of phenolic OH excluding ortho intramolecular Hbond substituents is 1. The van der Waals surface area contributed by atoms with Crippen molar-refractivity contribution in [3.05, 3.63) is 65.9 Å². The summed E-state index contributed by atoms with van der Waals surface area (Å²) in [6, 6.07) is 15.4. The van der Waals surface area contributed by atoms with Gasteiger partial charge in [0.15, 0.2) is 0 Å². The van der Waals surface area contributed by atoms with Gasteiger partial charge < -0.3 is 15.7 Å². The summed E-state index contributed by atoms with van der Waals surface area (Å²) in [4.78, 5) is 23.6. The van der Waals surface area contributed by atoms with Crippen molar-refractivity contribution in [3.63, 3.8) is 0 Å². The van der Waals surface area contributed by atoms with E-state index in [0.717, 1.165) is 5.56 Å². The van der Waals surface area contributed by atoms with Crippen molar-refractivity contribution in [3.8, 4) is 5.75 Å². The van der Waals surface area contributed by atoms with E-state index >= 15 is 0 Å². The number of aromatic hydroxyl groups is 1. The molecule has 0 radical (unpaired) electrons. The van der Waals surface area contributed by atoms with Crippen LogP contribution in [0, 0.1) is 0 Å². The summed E-state index contributed by atoms with van der Waals surface area (Å²) in [6.07, 6.45) is 1.58. The zero-order valence-electron chi connectivity index (χ0n) is 12.0. The molecule has 0 saturated carbocycles. The van der Waals surface area contributed by atoms with Crippen LogP contribution in [0.3, 0.4) is 0 Å². The van der Waals surface area contributed by atoms with Gasteiger partial charge in [-0.25, -0.2) is 0 Å². The number of hydrogen-bond acceptors (Lipinski definition) is 3. The highest BCUT2D eigenvalue weighted by Crippen LogP contribution is 2.16. The lowest BCUT2D eigenvalue weighted by Crippen LogP contribution is -2.28.